The van der Waals surface area contributed by atoms with E-state index in [1.54, 1.807) is 18.4 Å². The predicted molar refractivity (Wildman–Crippen MR) is 86.2 cm³/mol. The van der Waals surface area contributed by atoms with Crippen molar-refractivity contribution in [3.63, 3.8) is 0 Å². The highest BCUT2D eigenvalue weighted by molar-refractivity contribution is 7.21. The number of methoxy groups -OCH3 is 1. The zero-order chi connectivity index (χ0) is 15.0. The second kappa shape index (κ2) is 5.66. The molecule has 4 nitrogen and oxygen atoms in total. The number of thiophene rings is 1. The standard InChI is InChI=1S/C16H20N2O2S/c1-10-13-9-12(20-2)3-4-14(13)21-15(10)16(19)18-7-5-11(17)6-8-18/h3-4,9,11H,5-8,17H2,1-2H3. The van der Waals surface area contributed by atoms with Gasteiger partial charge in [-0.05, 0) is 48.9 Å². The molecule has 1 aromatic carbocycles. The molecule has 5 heteroatoms. The van der Waals surface area contributed by atoms with Crippen LogP contribution in [0.5, 0.6) is 5.75 Å². The Morgan fingerprint density at radius 3 is 2.76 bits per heavy atom. The Kier molecular flexibility index (Phi) is 3.87. The second-order valence-corrected chi connectivity index (χ2v) is 6.60. The first kappa shape index (κ1) is 14.4. The Bertz CT molecular complexity index is 672. The van der Waals surface area contributed by atoms with Gasteiger partial charge in [0.15, 0.2) is 0 Å². The Morgan fingerprint density at radius 2 is 2.10 bits per heavy atom. The van der Waals surface area contributed by atoms with E-state index in [1.165, 1.54) is 0 Å². The minimum absolute atomic E-state index is 0.138. The van der Waals surface area contributed by atoms with Gasteiger partial charge in [-0.25, -0.2) is 0 Å². The molecule has 2 heterocycles. The summed E-state index contributed by atoms with van der Waals surface area (Å²) in [7, 11) is 1.66. The van der Waals surface area contributed by atoms with Crippen LogP contribution in [-0.4, -0.2) is 37.0 Å². The molecule has 0 radical (unpaired) electrons. The number of nitrogens with zero attached hydrogens (tertiary/aromatic N) is 1. The van der Waals surface area contributed by atoms with Crippen molar-refractivity contribution < 1.29 is 9.53 Å². The summed E-state index contributed by atoms with van der Waals surface area (Å²) in [5.74, 6) is 0.964. The number of fused-ring (bicyclic) bond motifs is 1. The molecule has 2 N–H and O–H groups in total. The summed E-state index contributed by atoms with van der Waals surface area (Å²) in [6.07, 6.45) is 1.78. The lowest BCUT2D eigenvalue weighted by Crippen LogP contribution is -2.42. The van der Waals surface area contributed by atoms with Crippen LogP contribution in [0.25, 0.3) is 10.1 Å². The molecule has 0 spiro atoms. The van der Waals surface area contributed by atoms with Crippen molar-refractivity contribution in [2.45, 2.75) is 25.8 Å². The molecule has 3 rings (SSSR count). The molecule has 21 heavy (non-hydrogen) atoms. The van der Waals surface area contributed by atoms with Gasteiger partial charge in [-0.15, -0.1) is 11.3 Å². The summed E-state index contributed by atoms with van der Waals surface area (Å²) in [5.41, 5.74) is 6.96. The van der Waals surface area contributed by atoms with E-state index in [0.29, 0.717) is 0 Å². The zero-order valence-corrected chi connectivity index (χ0v) is 13.2. The van der Waals surface area contributed by atoms with Crippen LogP contribution in [-0.2, 0) is 0 Å². The topological polar surface area (TPSA) is 55.6 Å². The van der Waals surface area contributed by atoms with Gasteiger partial charge in [-0.3, -0.25) is 4.79 Å². The molecule has 1 fully saturated rings. The van der Waals surface area contributed by atoms with Crippen LogP contribution in [0.1, 0.15) is 28.1 Å². The van der Waals surface area contributed by atoms with Crippen molar-refractivity contribution >= 4 is 27.3 Å². The number of amides is 1. The Hall–Kier alpha value is -1.59. The average molecular weight is 304 g/mol. The minimum Gasteiger partial charge on any atom is -0.497 e. The van der Waals surface area contributed by atoms with Gasteiger partial charge in [0.2, 0.25) is 0 Å². The van der Waals surface area contributed by atoms with E-state index >= 15 is 0 Å². The summed E-state index contributed by atoms with van der Waals surface area (Å²) in [5, 5.41) is 1.11. The van der Waals surface area contributed by atoms with Crippen LogP contribution >= 0.6 is 11.3 Å². The van der Waals surface area contributed by atoms with Crippen molar-refractivity contribution in [2.75, 3.05) is 20.2 Å². The third kappa shape index (κ3) is 2.63. The highest BCUT2D eigenvalue weighted by atomic mass is 32.1. The normalized spacial score (nSPS) is 16.4. The second-order valence-electron chi connectivity index (χ2n) is 5.55. The van der Waals surface area contributed by atoms with Gasteiger partial charge in [0.05, 0.1) is 12.0 Å². The molecule has 1 amide bonds. The quantitative estimate of drug-likeness (QED) is 0.928. The Balaban J connectivity index is 1.93. The van der Waals surface area contributed by atoms with Gasteiger partial charge in [0.25, 0.3) is 5.91 Å². The lowest BCUT2D eigenvalue weighted by molar-refractivity contribution is 0.0719. The SMILES string of the molecule is COc1ccc2sc(C(=O)N3CCC(N)CC3)c(C)c2c1. The number of hydrogen-bond acceptors (Lipinski definition) is 4. The van der Waals surface area contributed by atoms with Gasteiger partial charge in [0.1, 0.15) is 5.75 Å². The van der Waals surface area contributed by atoms with Crippen LogP contribution in [0.15, 0.2) is 18.2 Å². The highest BCUT2D eigenvalue weighted by Gasteiger charge is 2.25. The predicted octanol–water partition coefficient (Wildman–Crippen LogP) is 2.78. The summed E-state index contributed by atoms with van der Waals surface area (Å²) >= 11 is 1.57. The minimum atomic E-state index is 0.138. The molecular weight excluding hydrogens is 284 g/mol. The molecular formula is C16H20N2O2S. The van der Waals surface area contributed by atoms with Gasteiger partial charge in [-0.1, -0.05) is 0 Å². The van der Waals surface area contributed by atoms with Crippen LogP contribution < -0.4 is 10.5 Å². The van der Waals surface area contributed by atoms with E-state index in [0.717, 1.165) is 52.2 Å². The maximum atomic E-state index is 12.7. The van der Waals surface area contributed by atoms with Gasteiger partial charge < -0.3 is 15.4 Å². The maximum Gasteiger partial charge on any atom is 0.264 e. The molecule has 0 aliphatic carbocycles. The van der Waals surface area contributed by atoms with E-state index in [1.807, 2.05) is 30.0 Å². The molecule has 2 aromatic rings. The molecule has 0 bridgehead atoms. The number of aryl methyl sites for hydroxylation is 1. The van der Waals surface area contributed by atoms with Gasteiger partial charge >= 0.3 is 0 Å². The molecule has 1 saturated heterocycles. The number of likely N-dealkylation sites (tertiary alicyclic amines) is 1. The summed E-state index contributed by atoms with van der Waals surface area (Å²) in [6, 6.07) is 6.20. The number of carbonyl (C=O) groups excluding carboxylic acids is 1. The first-order valence-corrected chi connectivity index (χ1v) is 8.04. The fourth-order valence-electron chi connectivity index (χ4n) is 2.78. The first-order chi connectivity index (χ1) is 10.1. The van der Waals surface area contributed by atoms with E-state index in [4.69, 9.17) is 10.5 Å². The van der Waals surface area contributed by atoms with Crippen molar-refractivity contribution in [2.24, 2.45) is 5.73 Å². The largest absolute Gasteiger partial charge is 0.497 e. The van der Waals surface area contributed by atoms with E-state index in [2.05, 4.69) is 0 Å². The van der Waals surface area contributed by atoms with Crippen molar-refractivity contribution in [1.82, 2.24) is 4.90 Å². The number of piperidine rings is 1. The van der Waals surface area contributed by atoms with Crippen LogP contribution in [0.4, 0.5) is 0 Å². The van der Waals surface area contributed by atoms with Crippen LogP contribution in [0, 0.1) is 6.92 Å². The monoisotopic (exact) mass is 304 g/mol. The summed E-state index contributed by atoms with van der Waals surface area (Å²) in [6.45, 7) is 3.54. The summed E-state index contributed by atoms with van der Waals surface area (Å²) in [4.78, 5) is 15.5. The number of carbonyl (C=O) groups is 1. The lowest BCUT2D eigenvalue weighted by Gasteiger charge is -2.30. The number of hydrogen-bond donors (Lipinski definition) is 1. The van der Waals surface area contributed by atoms with Gasteiger partial charge in [0, 0.05) is 23.8 Å². The van der Waals surface area contributed by atoms with E-state index in [-0.39, 0.29) is 11.9 Å². The van der Waals surface area contributed by atoms with Gasteiger partial charge in [-0.2, -0.15) is 0 Å². The van der Waals surface area contributed by atoms with Crippen LogP contribution in [0.2, 0.25) is 0 Å². The third-order valence-corrected chi connectivity index (χ3v) is 5.43. The third-order valence-electron chi connectivity index (χ3n) is 4.16. The molecule has 1 aromatic heterocycles. The molecule has 0 saturated carbocycles. The molecule has 1 aliphatic heterocycles. The fourth-order valence-corrected chi connectivity index (χ4v) is 3.93. The smallest absolute Gasteiger partial charge is 0.264 e. The number of benzene rings is 1. The van der Waals surface area contributed by atoms with Crippen LogP contribution in [0.3, 0.4) is 0 Å². The van der Waals surface area contributed by atoms with Crippen molar-refractivity contribution in [3.8, 4) is 5.75 Å². The lowest BCUT2D eigenvalue weighted by atomic mass is 10.1. The number of rotatable bonds is 2. The van der Waals surface area contributed by atoms with E-state index in [9.17, 15) is 4.79 Å². The molecule has 0 unspecified atom stereocenters. The summed E-state index contributed by atoms with van der Waals surface area (Å²) < 4.78 is 6.40. The molecule has 112 valence electrons. The average Bonchev–Trinajstić information content (AvgIpc) is 2.84. The number of ether oxygens (including phenoxy) is 1. The van der Waals surface area contributed by atoms with E-state index < -0.39 is 0 Å². The maximum absolute atomic E-state index is 12.7. The molecule has 0 atom stereocenters. The van der Waals surface area contributed by atoms with Crippen molar-refractivity contribution in [3.05, 3.63) is 28.6 Å². The Labute approximate surface area is 128 Å². The number of nitrogens with two attached hydrogens (primary N) is 1. The fraction of sp³-hybridized carbons (Fsp3) is 0.438. The highest BCUT2D eigenvalue weighted by Crippen LogP contribution is 2.34. The van der Waals surface area contributed by atoms with Crippen molar-refractivity contribution in [1.29, 1.82) is 0 Å². The first-order valence-electron chi connectivity index (χ1n) is 7.22. The zero-order valence-electron chi connectivity index (χ0n) is 12.4. The Morgan fingerprint density at radius 1 is 1.38 bits per heavy atom. The molecule has 1 aliphatic rings.